The van der Waals surface area contributed by atoms with Crippen molar-refractivity contribution < 1.29 is 0 Å². The van der Waals surface area contributed by atoms with Gasteiger partial charge in [-0.25, -0.2) is 0 Å². The second kappa shape index (κ2) is 4.64. The zero-order valence-electron chi connectivity index (χ0n) is 9.02. The highest BCUT2D eigenvalue weighted by atomic mass is 35.5. The molecule has 0 bridgehead atoms. The number of pyridine rings is 1. The average molecular weight is 233 g/mol. The number of nitrogens with zero attached hydrogens (tertiary/aromatic N) is 1. The van der Waals surface area contributed by atoms with Crippen molar-refractivity contribution in [3.63, 3.8) is 0 Å². The maximum atomic E-state index is 6.16. The van der Waals surface area contributed by atoms with Gasteiger partial charge in [0.1, 0.15) is 0 Å². The van der Waals surface area contributed by atoms with Crippen molar-refractivity contribution in [1.29, 1.82) is 0 Å². The van der Waals surface area contributed by atoms with E-state index in [9.17, 15) is 0 Å². The lowest BCUT2D eigenvalue weighted by atomic mass is 9.99. The molecule has 82 valence electrons. The summed E-state index contributed by atoms with van der Waals surface area (Å²) in [6.07, 6.45) is 1.62. The van der Waals surface area contributed by atoms with Crippen molar-refractivity contribution in [1.82, 2.24) is 4.98 Å². The Balaban J connectivity index is 2.35. The summed E-state index contributed by atoms with van der Waals surface area (Å²) in [7, 11) is 0. The number of hydrogen-bond donors (Lipinski definition) is 1. The second-order valence-electron chi connectivity index (χ2n) is 3.74. The van der Waals surface area contributed by atoms with Crippen molar-refractivity contribution in [3.05, 3.63) is 64.4 Å². The number of nitrogens with two attached hydrogens (primary N) is 1. The second-order valence-corrected chi connectivity index (χ2v) is 4.17. The smallest absolute Gasteiger partial charge is 0.0728 e. The minimum Gasteiger partial charge on any atom is -0.319 e. The highest BCUT2D eigenvalue weighted by Gasteiger charge is 2.11. The predicted octanol–water partition coefficient (Wildman–Crippen LogP) is 3.09. The molecule has 0 aliphatic rings. The quantitative estimate of drug-likeness (QED) is 0.864. The van der Waals surface area contributed by atoms with Gasteiger partial charge in [0.25, 0.3) is 0 Å². The summed E-state index contributed by atoms with van der Waals surface area (Å²) in [6.45, 7) is 2.05. The first-order chi connectivity index (χ1) is 7.68. The maximum absolute atomic E-state index is 6.16. The van der Waals surface area contributed by atoms with E-state index in [0.29, 0.717) is 5.02 Å². The van der Waals surface area contributed by atoms with E-state index in [0.717, 1.165) is 11.3 Å². The summed E-state index contributed by atoms with van der Waals surface area (Å²) in [5, 5.41) is 0.626. The SMILES string of the molecule is Cc1ccccc1C(N)c1ccc(Cl)cn1. The zero-order chi connectivity index (χ0) is 11.5. The highest BCUT2D eigenvalue weighted by Crippen LogP contribution is 2.21. The van der Waals surface area contributed by atoms with E-state index in [-0.39, 0.29) is 6.04 Å². The van der Waals surface area contributed by atoms with Crippen LogP contribution in [0.5, 0.6) is 0 Å². The van der Waals surface area contributed by atoms with Gasteiger partial charge in [-0.2, -0.15) is 0 Å². The lowest BCUT2D eigenvalue weighted by molar-refractivity contribution is 0.821. The lowest BCUT2D eigenvalue weighted by Crippen LogP contribution is -2.14. The molecule has 2 nitrogen and oxygen atoms in total. The summed E-state index contributed by atoms with van der Waals surface area (Å²) in [6, 6.07) is 11.5. The number of aromatic nitrogens is 1. The van der Waals surface area contributed by atoms with E-state index in [1.54, 1.807) is 6.20 Å². The van der Waals surface area contributed by atoms with Crippen LogP contribution < -0.4 is 5.73 Å². The van der Waals surface area contributed by atoms with Gasteiger partial charge in [-0.15, -0.1) is 0 Å². The summed E-state index contributed by atoms with van der Waals surface area (Å²) < 4.78 is 0. The van der Waals surface area contributed by atoms with Gasteiger partial charge in [0.15, 0.2) is 0 Å². The molecule has 16 heavy (non-hydrogen) atoms. The molecule has 1 aromatic carbocycles. The van der Waals surface area contributed by atoms with Gasteiger partial charge in [0.05, 0.1) is 16.8 Å². The van der Waals surface area contributed by atoms with E-state index < -0.39 is 0 Å². The molecule has 3 heteroatoms. The summed E-state index contributed by atoms with van der Waals surface area (Å²) in [5.74, 6) is 0. The van der Waals surface area contributed by atoms with E-state index >= 15 is 0 Å². The molecule has 0 amide bonds. The minimum atomic E-state index is -0.196. The Labute approximate surface area is 100 Å². The summed E-state index contributed by atoms with van der Waals surface area (Å²) in [4.78, 5) is 4.24. The standard InChI is InChI=1S/C13H13ClN2/c1-9-4-2-3-5-11(9)13(15)12-7-6-10(14)8-16-12/h2-8,13H,15H2,1H3. The molecular formula is C13H13ClN2. The fraction of sp³-hybridized carbons (Fsp3) is 0.154. The molecule has 0 saturated heterocycles. The van der Waals surface area contributed by atoms with Crippen LogP contribution in [-0.2, 0) is 0 Å². The van der Waals surface area contributed by atoms with Crippen LogP contribution in [0.3, 0.4) is 0 Å². The van der Waals surface area contributed by atoms with Crippen LogP contribution in [0.1, 0.15) is 22.9 Å². The van der Waals surface area contributed by atoms with E-state index in [1.165, 1.54) is 5.56 Å². The number of rotatable bonds is 2. The van der Waals surface area contributed by atoms with Crippen molar-refractivity contribution in [3.8, 4) is 0 Å². The number of halogens is 1. The molecule has 0 spiro atoms. The van der Waals surface area contributed by atoms with Crippen LogP contribution in [0, 0.1) is 6.92 Å². The van der Waals surface area contributed by atoms with Crippen molar-refractivity contribution in [2.45, 2.75) is 13.0 Å². The van der Waals surface area contributed by atoms with Crippen LogP contribution in [0.2, 0.25) is 5.02 Å². The maximum Gasteiger partial charge on any atom is 0.0728 e. The molecule has 1 unspecified atom stereocenters. The molecule has 0 saturated carbocycles. The van der Waals surface area contributed by atoms with Crippen LogP contribution >= 0.6 is 11.6 Å². The molecular weight excluding hydrogens is 220 g/mol. The number of aryl methyl sites for hydroxylation is 1. The normalized spacial score (nSPS) is 12.4. The first-order valence-corrected chi connectivity index (χ1v) is 5.49. The van der Waals surface area contributed by atoms with Crippen LogP contribution in [-0.4, -0.2) is 4.98 Å². The Morgan fingerprint density at radius 1 is 1.19 bits per heavy atom. The molecule has 0 fully saturated rings. The predicted molar refractivity (Wildman–Crippen MR) is 66.5 cm³/mol. The Hall–Kier alpha value is -1.38. The van der Waals surface area contributed by atoms with E-state index in [1.807, 2.05) is 43.3 Å². The molecule has 1 heterocycles. The Morgan fingerprint density at radius 2 is 1.94 bits per heavy atom. The molecule has 0 radical (unpaired) electrons. The fourth-order valence-corrected chi connectivity index (χ4v) is 1.78. The van der Waals surface area contributed by atoms with Gasteiger partial charge in [-0.1, -0.05) is 35.9 Å². The molecule has 1 atom stereocenters. The van der Waals surface area contributed by atoms with E-state index in [4.69, 9.17) is 17.3 Å². The largest absolute Gasteiger partial charge is 0.319 e. The average Bonchev–Trinajstić information content (AvgIpc) is 2.30. The Bertz CT molecular complexity index is 480. The third-order valence-electron chi connectivity index (χ3n) is 2.59. The van der Waals surface area contributed by atoms with Crippen LogP contribution in [0.15, 0.2) is 42.6 Å². The third-order valence-corrected chi connectivity index (χ3v) is 2.82. The first-order valence-electron chi connectivity index (χ1n) is 5.11. The molecule has 2 N–H and O–H groups in total. The van der Waals surface area contributed by atoms with Crippen LogP contribution in [0.25, 0.3) is 0 Å². The monoisotopic (exact) mass is 232 g/mol. The molecule has 0 aliphatic carbocycles. The van der Waals surface area contributed by atoms with Crippen LogP contribution in [0.4, 0.5) is 0 Å². The highest BCUT2D eigenvalue weighted by molar-refractivity contribution is 6.30. The van der Waals surface area contributed by atoms with Gasteiger partial charge in [-0.05, 0) is 30.2 Å². The number of hydrogen-bond acceptors (Lipinski definition) is 2. The number of benzene rings is 1. The topological polar surface area (TPSA) is 38.9 Å². The van der Waals surface area contributed by atoms with Gasteiger partial charge in [0, 0.05) is 6.20 Å². The molecule has 2 aromatic rings. The lowest BCUT2D eigenvalue weighted by Gasteiger charge is -2.13. The van der Waals surface area contributed by atoms with Gasteiger partial charge < -0.3 is 5.73 Å². The van der Waals surface area contributed by atoms with Crippen molar-refractivity contribution in [2.24, 2.45) is 5.73 Å². The fourth-order valence-electron chi connectivity index (χ4n) is 1.67. The third kappa shape index (κ3) is 2.23. The van der Waals surface area contributed by atoms with Crippen molar-refractivity contribution in [2.75, 3.05) is 0 Å². The summed E-state index contributed by atoms with van der Waals surface area (Å²) in [5.41, 5.74) is 9.26. The molecule has 0 aliphatic heterocycles. The van der Waals surface area contributed by atoms with E-state index in [2.05, 4.69) is 4.98 Å². The summed E-state index contributed by atoms with van der Waals surface area (Å²) >= 11 is 5.79. The van der Waals surface area contributed by atoms with Gasteiger partial charge in [0.2, 0.25) is 0 Å². The molecule has 1 aromatic heterocycles. The van der Waals surface area contributed by atoms with Gasteiger partial charge >= 0.3 is 0 Å². The Morgan fingerprint density at radius 3 is 2.56 bits per heavy atom. The minimum absolute atomic E-state index is 0.196. The Kier molecular flexibility index (Phi) is 3.22. The van der Waals surface area contributed by atoms with Crippen molar-refractivity contribution >= 4 is 11.6 Å². The molecule has 2 rings (SSSR count). The first kappa shape index (κ1) is 11.1. The zero-order valence-corrected chi connectivity index (χ0v) is 9.78. The van der Waals surface area contributed by atoms with Gasteiger partial charge in [-0.3, -0.25) is 4.98 Å².